The number of carbonyl (C=O) groups excluding carboxylic acids is 1. The van der Waals surface area contributed by atoms with E-state index in [0.717, 1.165) is 11.1 Å². The van der Waals surface area contributed by atoms with Gasteiger partial charge in [-0.2, -0.15) is 0 Å². The molecule has 0 saturated carbocycles. The predicted molar refractivity (Wildman–Crippen MR) is 78.3 cm³/mol. The van der Waals surface area contributed by atoms with Crippen molar-refractivity contribution in [1.82, 2.24) is 0 Å². The van der Waals surface area contributed by atoms with Crippen LogP contribution in [0, 0.1) is 19.3 Å². The Kier molecular flexibility index (Phi) is 3.84. The number of carbonyl (C=O) groups is 1. The Morgan fingerprint density at radius 1 is 1.10 bits per heavy atom. The average molecular weight is 268 g/mol. The fourth-order valence-electron chi connectivity index (χ4n) is 1.84. The molecule has 0 spiro atoms. The van der Waals surface area contributed by atoms with E-state index in [-0.39, 0.29) is 11.8 Å². The van der Waals surface area contributed by atoms with Crippen LogP contribution < -0.4 is 10.5 Å². The molecule has 0 unspecified atom stereocenters. The lowest BCUT2D eigenvalue weighted by Gasteiger charge is -2.09. The molecule has 0 saturated heterocycles. The Morgan fingerprint density at radius 2 is 1.75 bits per heavy atom. The van der Waals surface area contributed by atoms with E-state index in [4.69, 9.17) is 15.9 Å². The fourth-order valence-corrected chi connectivity index (χ4v) is 1.84. The van der Waals surface area contributed by atoms with E-state index in [9.17, 15) is 4.79 Å². The van der Waals surface area contributed by atoms with Crippen LogP contribution in [-0.2, 0) is 0 Å². The van der Waals surface area contributed by atoms with Gasteiger partial charge in [-0.05, 0) is 55.3 Å². The van der Waals surface area contributed by atoms with Crippen LogP contribution in [-0.4, -0.2) is 11.8 Å². The van der Waals surface area contributed by atoms with E-state index in [0.29, 0.717) is 16.9 Å². The number of hydrogen-bond acceptors (Lipinski definition) is 3. The highest BCUT2D eigenvalue weighted by molar-refractivity contribution is 5.95. The third-order valence-electron chi connectivity index (χ3n) is 3.20. The Labute approximate surface area is 117 Å². The number of nitrogen functional groups attached to an aromatic ring is 1. The van der Waals surface area contributed by atoms with Crippen LogP contribution in [0.15, 0.2) is 42.5 Å². The molecule has 4 heteroatoms. The molecule has 0 aliphatic rings. The van der Waals surface area contributed by atoms with Gasteiger partial charge in [0.2, 0.25) is 0 Å². The predicted octanol–water partition coefficient (Wildman–Crippen LogP) is 2.81. The first-order valence-electron chi connectivity index (χ1n) is 6.22. The standard InChI is InChI=1S/C16H16N2O2/c1-10-4-3-5-14(11(10)2)16(19)20-13-8-6-12(7-9-13)15(17)18/h3-9H,1-2H3,(H3,17,18). The molecule has 102 valence electrons. The monoisotopic (exact) mass is 268 g/mol. The van der Waals surface area contributed by atoms with Crippen LogP contribution in [0.25, 0.3) is 0 Å². The lowest BCUT2D eigenvalue weighted by molar-refractivity contribution is 0.0734. The number of amidine groups is 1. The highest BCUT2D eigenvalue weighted by atomic mass is 16.5. The number of ether oxygens (including phenoxy) is 1. The van der Waals surface area contributed by atoms with Crippen molar-refractivity contribution >= 4 is 11.8 Å². The van der Waals surface area contributed by atoms with Gasteiger partial charge in [-0.3, -0.25) is 5.41 Å². The Bertz CT molecular complexity index is 661. The molecule has 0 radical (unpaired) electrons. The van der Waals surface area contributed by atoms with E-state index in [2.05, 4.69) is 0 Å². The van der Waals surface area contributed by atoms with Crippen molar-refractivity contribution in [1.29, 1.82) is 5.41 Å². The summed E-state index contributed by atoms with van der Waals surface area (Å²) in [6.07, 6.45) is 0. The number of nitrogens with two attached hydrogens (primary N) is 1. The van der Waals surface area contributed by atoms with Crippen molar-refractivity contribution in [2.75, 3.05) is 0 Å². The summed E-state index contributed by atoms with van der Waals surface area (Å²) in [6.45, 7) is 3.85. The molecular weight excluding hydrogens is 252 g/mol. The lowest BCUT2D eigenvalue weighted by Crippen LogP contribution is -2.12. The molecule has 20 heavy (non-hydrogen) atoms. The number of hydrogen-bond donors (Lipinski definition) is 2. The number of benzene rings is 2. The average Bonchev–Trinajstić information content (AvgIpc) is 2.42. The molecule has 0 amide bonds. The molecule has 2 aromatic rings. The summed E-state index contributed by atoms with van der Waals surface area (Å²) in [5.74, 6) is 0.0279. The first-order chi connectivity index (χ1) is 9.49. The van der Waals surface area contributed by atoms with Gasteiger partial charge in [-0.15, -0.1) is 0 Å². The summed E-state index contributed by atoms with van der Waals surface area (Å²) in [4.78, 5) is 12.1. The topological polar surface area (TPSA) is 76.2 Å². The summed E-state index contributed by atoms with van der Waals surface area (Å²) in [6, 6.07) is 12.1. The normalized spacial score (nSPS) is 10.1. The van der Waals surface area contributed by atoms with Gasteiger partial charge in [0.1, 0.15) is 11.6 Å². The maximum Gasteiger partial charge on any atom is 0.343 e. The van der Waals surface area contributed by atoms with Crippen molar-refractivity contribution in [3.63, 3.8) is 0 Å². The molecule has 0 atom stereocenters. The number of nitrogens with one attached hydrogen (secondary N) is 1. The highest BCUT2D eigenvalue weighted by Crippen LogP contribution is 2.17. The Morgan fingerprint density at radius 3 is 2.35 bits per heavy atom. The van der Waals surface area contributed by atoms with E-state index < -0.39 is 0 Å². The van der Waals surface area contributed by atoms with Crippen LogP contribution in [0.1, 0.15) is 27.0 Å². The quantitative estimate of drug-likeness (QED) is 0.389. The van der Waals surface area contributed by atoms with Crippen molar-refractivity contribution in [3.8, 4) is 5.75 Å². The zero-order valence-corrected chi connectivity index (χ0v) is 11.4. The second-order valence-electron chi connectivity index (χ2n) is 4.58. The summed E-state index contributed by atoms with van der Waals surface area (Å²) < 4.78 is 5.32. The van der Waals surface area contributed by atoms with Gasteiger partial charge in [0.05, 0.1) is 5.56 Å². The lowest BCUT2D eigenvalue weighted by atomic mass is 10.0. The highest BCUT2D eigenvalue weighted by Gasteiger charge is 2.12. The molecule has 4 nitrogen and oxygen atoms in total. The van der Waals surface area contributed by atoms with E-state index >= 15 is 0 Å². The van der Waals surface area contributed by atoms with Crippen LogP contribution in [0.2, 0.25) is 0 Å². The van der Waals surface area contributed by atoms with E-state index in [1.165, 1.54) is 0 Å². The van der Waals surface area contributed by atoms with Gasteiger partial charge in [0.25, 0.3) is 0 Å². The molecule has 3 N–H and O–H groups in total. The van der Waals surface area contributed by atoms with Gasteiger partial charge >= 0.3 is 5.97 Å². The smallest absolute Gasteiger partial charge is 0.343 e. The Hall–Kier alpha value is -2.62. The first-order valence-corrected chi connectivity index (χ1v) is 6.22. The minimum Gasteiger partial charge on any atom is -0.423 e. The van der Waals surface area contributed by atoms with Crippen LogP contribution in [0.3, 0.4) is 0 Å². The SMILES string of the molecule is Cc1cccc(C(=O)Oc2ccc(C(=N)N)cc2)c1C. The second kappa shape index (κ2) is 5.57. The molecule has 0 aliphatic heterocycles. The molecule has 0 bridgehead atoms. The van der Waals surface area contributed by atoms with Gasteiger partial charge < -0.3 is 10.5 Å². The molecule has 0 fully saturated rings. The summed E-state index contributed by atoms with van der Waals surface area (Å²) >= 11 is 0. The van der Waals surface area contributed by atoms with E-state index in [1.807, 2.05) is 26.0 Å². The van der Waals surface area contributed by atoms with Crippen molar-refractivity contribution in [2.45, 2.75) is 13.8 Å². The molecule has 0 aliphatic carbocycles. The summed E-state index contributed by atoms with van der Waals surface area (Å²) in [5, 5.41) is 7.30. The third-order valence-corrected chi connectivity index (χ3v) is 3.20. The summed E-state index contributed by atoms with van der Waals surface area (Å²) in [7, 11) is 0. The van der Waals surface area contributed by atoms with Crippen LogP contribution in [0.4, 0.5) is 0 Å². The Balaban J connectivity index is 2.19. The van der Waals surface area contributed by atoms with Gasteiger partial charge in [0, 0.05) is 5.56 Å². The maximum absolute atomic E-state index is 12.1. The minimum atomic E-state index is -0.387. The van der Waals surface area contributed by atoms with Crippen molar-refractivity contribution < 1.29 is 9.53 Å². The molecule has 2 aromatic carbocycles. The zero-order valence-electron chi connectivity index (χ0n) is 11.4. The minimum absolute atomic E-state index is 0.0163. The van der Waals surface area contributed by atoms with E-state index in [1.54, 1.807) is 30.3 Å². The molecular formula is C16H16N2O2. The first kappa shape index (κ1) is 13.8. The number of rotatable bonds is 3. The second-order valence-corrected chi connectivity index (χ2v) is 4.58. The van der Waals surface area contributed by atoms with Gasteiger partial charge in [0.15, 0.2) is 0 Å². The van der Waals surface area contributed by atoms with Crippen LogP contribution in [0.5, 0.6) is 5.75 Å². The van der Waals surface area contributed by atoms with Gasteiger partial charge in [-0.25, -0.2) is 4.79 Å². The van der Waals surface area contributed by atoms with Gasteiger partial charge in [-0.1, -0.05) is 12.1 Å². The number of esters is 1. The van der Waals surface area contributed by atoms with Crippen LogP contribution >= 0.6 is 0 Å². The molecule has 0 aromatic heterocycles. The zero-order chi connectivity index (χ0) is 14.7. The maximum atomic E-state index is 12.1. The third kappa shape index (κ3) is 2.85. The molecule has 2 rings (SSSR count). The fraction of sp³-hybridized carbons (Fsp3) is 0.125. The van der Waals surface area contributed by atoms with Crippen molar-refractivity contribution in [3.05, 3.63) is 64.7 Å². The summed E-state index contributed by atoms with van der Waals surface area (Å²) in [5.41, 5.74) is 8.48. The van der Waals surface area contributed by atoms with Crippen molar-refractivity contribution in [2.24, 2.45) is 5.73 Å². The number of aryl methyl sites for hydroxylation is 1. The largest absolute Gasteiger partial charge is 0.423 e. The molecule has 0 heterocycles.